The molecule has 0 aliphatic heterocycles. The fourth-order valence-electron chi connectivity index (χ4n) is 4.06. The van der Waals surface area contributed by atoms with E-state index in [1.54, 1.807) is 35.7 Å². The Bertz CT molecular complexity index is 1500. The normalized spacial score (nSPS) is 11.2. The van der Waals surface area contributed by atoms with Crippen molar-refractivity contribution in [3.63, 3.8) is 0 Å². The predicted octanol–water partition coefficient (Wildman–Crippen LogP) is 4.09. The minimum atomic E-state index is -0.124. The molecule has 3 heterocycles. The lowest BCUT2D eigenvalue weighted by Gasteiger charge is -2.11. The highest BCUT2D eigenvalue weighted by Crippen LogP contribution is 2.29. The molecular weight excluding hydrogens is 404 g/mol. The van der Waals surface area contributed by atoms with E-state index in [4.69, 9.17) is 9.47 Å². The van der Waals surface area contributed by atoms with Crippen LogP contribution in [0.2, 0.25) is 0 Å². The zero-order valence-corrected chi connectivity index (χ0v) is 18.1. The molecule has 0 saturated carbocycles. The van der Waals surface area contributed by atoms with Gasteiger partial charge in [-0.15, -0.1) is 0 Å². The second kappa shape index (κ2) is 7.85. The van der Waals surface area contributed by atoms with E-state index in [9.17, 15) is 4.79 Å². The molecule has 2 aromatic carbocycles. The van der Waals surface area contributed by atoms with E-state index in [0.29, 0.717) is 23.4 Å². The van der Waals surface area contributed by atoms with Crippen molar-refractivity contribution >= 4 is 16.6 Å². The number of pyridine rings is 1. The summed E-state index contributed by atoms with van der Waals surface area (Å²) in [5.41, 5.74) is 5.16. The molecule has 0 unspecified atom stereocenters. The highest BCUT2D eigenvalue weighted by atomic mass is 16.5. The first kappa shape index (κ1) is 19.8. The van der Waals surface area contributed by atoms with Gasteiger partial charge in [0.05, 0.1) is 37.4 Å². The first-order valence-electron chi connectivity index (χ1n) is 10.2. The Labute approximate surface area is 184 Å². The van der Waals surface area contributed by atoms with Gasteiger partial charge in [-0.2, -0.15) is 5.10 Å². The summed E-state index contributed by atoms with van der Waals surface area (Å²) in [4.78, 5) is 17.9. The summed E-state index contributed by atoms with van der Waals surface area (Å²) in [6, 6.07) is 17.6. The van der Waals surface area contributed by atoms with E-state index in [1.165, 1.54) is 0 Å². The molecule has 0 spiro atoms. The third-order valence-electron chi connectivity index (χ3n) is 5.62. The molecule has 7 heteroatoms. The molecule has 5 aromatic rings. The molecule has 0 bridgehead atoms. The van der Waals surface area contributed by atoms with Gasteiger partial charge in [0.15, 0.2) is 17.1 Å². The molecule has 32 heavy (non-hydrogen) atoms. The predicted molar refractivity (Wildman–Crippen MR) is 124 cm³/mol. The summed E-state index contributed by atoms with van der Waals surface area (Å²) in [6.07, 6.45) is 3.44. The van der Waals surface area contributed by atoms with Crippen molar-refractivity contribution in [3.05, 3.63) is 88.6 Å². The minimum Gasteiger partial charge on any atom is -0.493 e. The Balaban J connectivity index is 1.61. The Morgan fingerprint density at radius 1 is 0.969 bits per heavy atom. The maximum Gasteiger partial charge on any atom is 0.261 e. The van der Waals surface area contributed by atoms with Crippen molar-refractivity contribution in [3.8, 4) is 22.6 Å². The van der Waals surface area contributed by atoms with Crippen molar-refractivity contribution < 1.29 is 9.47 Å². The molecule has 0 N–H and O–H groups in total. The van der Waals surface area contributed by atoms with Gasteiger partial charge in [0.2, 0.25) is 0 Å². The molecule has 0 atom stereocenters. The summed E-state index contributed by atoms with van der Waals surface area (Å²) in [5, 5.41) is 5.21. The first-order valence-corrected chi connectivity index (χ1v) is 10.2. The first-order chi connectivity index (χ1) is 15.6. The Morgan fingerprint density at radius 2 is 1.75 bits per heavy atom. The van der Waals surface area contributed by atoms with Crippen LogP contribution in [0.5, 0.6) is 11.5 Å². The largest absolute Gasteiger partial charge is 0.493 e. The van der Waals surface area contributed by atoms with Crippen LogP contribution >= 0.6 is 0 Å². The van der Waals surface area contributed by atoms with E-state index in [1.807, 2.05) is 61.5 Å². The van der Waals surface area contributed by atoms with Crippen molar-refractivity contribution in [1.82, 2.24) is 19.2 Å². The molecule has 7 nitrogen and oxygen atoms in total. The van der Waals surface area contributed by atoms with Gasteiger partial charge >= 0.3 is 0 Å². The number of ether oxygens (including phenoxy) is 2. The number of aromatic nitrogens is 4. The second-order valence-electron chi connectivity index (χ2n) is 7.56. The zero-order chi connectivity index (χ0) is 22.2. The molecule has 0 aliphatic carbocycles. The lowest BCUT2D eigenvalue weighted by atomic mass is 10.1. The number of benzene rings is 2. The Kier molecular flexibility index (Phi) is 4.86. The topological polar surface area (TPSA) is 70.6 Å². The van der Waals surface area contributed by atoms with E-state index < -0.39 is 0 Å². The standard InChI is InChI=1S/C25H22N4O3/c1-16-23(18-7-5-4-6-8-18)24-26-14-19-20(29(24)27-16)11-12-28(25(19)30)15-17-9-10-21(31-2)22(13-17)32-3/h4-14H,15H2,1-3H3. The second-order valence-corrected chi connectivity index (χ2v) is 7.56. The maximum absolute atomic E-state index is 13.2. The molecule has 3 aromatic heterocycles. The number of fused-ring (bicyclic) bond motifs is 3. The summed E-state index contributed by atoms with van der Waals surface area (Å²) in [7, 11) is 3.19. The van der Waals surface area contributed by atoms with Crippen molar-refractivity contribution in [2.75, 3.05) is 14.2 Å². The molecule has 0 saturated heterocycles. The van der Waals surface area contributed by atoms with Crippen LogP contribution in [0, 0.1) is 6.92 Å². The van der Waals surface area contributed by atoms with Crippen LogP contribution in [0.1, 0.15) is 11.3 Å². The van der Waals surface area contributed by atoms with Gasteiger partial charge in [0.25, 0.3) is 5.56 Å². The molecule has 0 radical (unpaired) electrons. The van der Waals surface area contributed by atoms with Crippen LogP contribution in [0.4, 0.5) is 0 Å². The lowest BCUT2D eigenvalue weighted by Crippen LogP contribution is -2.21. The summed E-state index contributed by atoms with van der Waals surface area (Å²) >= 11 is 0. The lowest BCUT2D eigenvalue weighted by molar-refractivity contribution is 0.354. The highest BCUT2D eigenvalue weighted by Gasteiger charge is 2.16. The van der Waals surface area contributed by atoms with Gasteiger partial charge in [-0.05, 0) is 36.2 Å². The molecular formula is C25H22N4O3. The number of hydrogen-bond donors (Lipinski definition) is 0. The maximum atomic E-state index is 13.2. The summed E-state index contributed by atoms with van der Waals surface area (Å²) in [6.45, 7) is 2.36. The third-order valence-corrected chi connectivity index (χ3v) is 5.62. The van der Waals surface area contributed by atoms with E-state index in [-0.39, 0.29) is 5.56 Å². The smallest absolute Gasteiger partial charge is 0.261 e. The van der Waals surface area contributed by atoms with E-state index >= 15 is 0 Å². The van der Waals surface area contributed by atoms with Crippen LogP contribution in [0.25, 0.3) is 27.7 Å². The Hall–Kier alpha value is -4.13. The molecule has 0 fully saturated rings. The van der Waals surface area contributed by atoms with E-state index in [0.717, 1.165) is 33.5 Å². The fourth-order valence-corrected chi connectivity index (χ4v) is 4.06. The number of rotatable bonds is 5. The number of methoxy groups -OCH3 is 2. The monoisotopic (exact) mass is 426 g/mol. The number of nitrogens with zero attached hydrogens (tertiary/aromatic N) is 4. The molecule has 0 aliphatic rings. The van der Waals surface area contributed by atoms with Crippen molar-refractivity contribution in [1.29, 1.82) is 0 Å². The van der Waals surface area contributed by atoms with Crippen LogP contribution < -0.4 is 15.0 Å². The number of aryl methyl sites for hydroxylation is 1. The van der Waals surface area contributed by atoms with Gasteiger partial charge in [-0.25, -0.2) is 9.50 Å². The van der Waals surface area contributed by atoms with Crippen LogP contribution in [-0.4, -0.2) is 33.4 Å². The fraction of sp³-hybridized carbons (Fsp3) is 0.160. The van der Waals surface area contributed by atoms with Gasteiger partial charge in [-0.3, -0.25) is 4.79 Å². The van der Waals surface area contributed by atoms with Gasteiger partial charge in [-0.1, -0.05) is 36.4 Å². The molecule has 0 amide bonds. The van der Waals surface area contributed by atoms with Crippen LogP contribution in [0.3, 0.4) is 0 Å². The SMILES string of the molecule is COc1ccc(Cn2ccc3c(cnc4c(-c5ccccc5)c(C)nn43)c2=O)cc1OC. The van der Waals surface area contributed by atoms with Crippen molar-refractivity contribution in [2.45, 2.75) is 13.5 Å². The molecule has 5 rings (SSSR count). The summed E-state index contributed by atoms with van der Waals surface area (Å²) < 4.78 is 14.1. The number of hydrogen-bond acceptors (Lipinski definition) is 5. The van der Waals surface area contributed by atoms with Crippen LogP contribution in [-0.2, 0) is 6.54 Å². The Morgan fingerprint density at radius 3 is 2.50 bits per heavy atom. The van der Waals surface area contributed by atoms with Crippen molar-refractivity contribution in [2.24, 2.45) is 0 Å². The average Bonchev–Trinajstić information content (AvgIpc) is 3.17. The average molecular weight is 426 g/mol. The van der Waals surface area contributed by atoms with Gasteiger partial charge < -0.3 is 14.0 Å². The zero-order valence-electron chi connectivity index (χ0n) is 18.1. The van der Waals surface area contributed by atoms with Gasteiger partial charge in [0, 0.05) is 18.0 Å². The highest BCUT2D eigenvalue weighted by molar-refractivity contribution is 5.86. The minimum absolute atomic E-state index is 0.124. The third kappa shape index (κ3) is 3.19. The summed E-state index contributed by atoms with van der Waals surface area (Å²) in [5.74, 6) is 1.28. The van der Waals surface area contributed by atoms with Crippen LogP contribution in [0.15, 0.2) is 71.8 Å². The van der Waals surface area contributed by atoms with Gasteiger partial charge in [0.1, 0.15) is 0 Å². The molecule has 160 valence electrons. The quantitative estimate of drug-likeness (QED) is 0.423. The van der Waals surface area contributed by atoms with E-state index in [2.05, 4.69) is 10.1 Å².